The average Bonchev–Trinajstić information content (AvgIpc) is 2.68. The van der Waals surface area contributed by atoms with Crippen molar-refractivity contribution in [2.75, 3.05) is 39.3 Å². The topological polar surface area (TPSA) is 71.3 Å². The summed E-state index contributed by atoms with van der Waals surface area (Å²) >= 11 is 0. The van der Waals surface area contributed by atoms with Gasteiger partial charge in [0, 0.05) is 0 Å². The van der Waals surface area contributed by atoms with E-state index in [1.807, 2.05) is 0 Å². The molecule has 0 spiro atoms. The molecule has 0 radical (unpaired) electrons. The first-order valence-corrected chi connectivity index (χ1v) is 10.4. The van der Waals surface area contributed by atoms with Crippen LogP contribution in [0.15, 0.2) is 53.4 Å². The molecule has 0 saturated carbocycles. The molecule has 1 fully saturated rings. The number of ether oxygens (including phenoxy) is 1. The fourth-order valence-electron chi connectivity index (χ4n) is 3.14. The van der Waals surface area contributed by atoms with Crippen LogP contribution >= 0.6 is 0 Å². The van der Waals surface area contributed by atoms with Crippen LogP contribution in [0.4, 0.5) is 8.78 Å². The molecule has 1 aliphatic rings. The Morgan fingerprint density at radius 2 is 1.71 bits per heavy atom. The van der Waals surface area contributed by atoms with E-state index in [0.29, 0.717) is 32.7 Å². The Morgan fingerprint density at radius 3 is 2.36 bits per heavy atom. The number of quaternary nitrogens is 1. The molecule has 0 aliphatic carbocycles. The van der Waals surface area contributed by atoms with E-state index in [1.54, 1.807) is 12.1 Å². The van der Waals surface area contributed by atoms with Crippen LogP contribution in [0.1, 0.15) is 0 Å². The van der Waals surface area contributed by atoms with Crippen LogP contribution in [0.3, 0.4) is 0 Å². The summed E-state index contributed by atoms with van der Waals surface area (Å²) in [6.07, 6.45) is -0.796. The maximum atomic E-state index is 13.5. The quantitative estimate of drug-likeness (QED) is 0.685. The van der Waals surface area contributed by atoms with Crippen molar-refractivity contribution in [3.8, 4) is 5.75 Å². The van der Waals surface area contributed by atoms with Gasteiger partial charge >= 0.3 is 0 Å². The number of aliphatic hydroxyl groups excluding tert-OH is 1. The first-order chi connectivity index (χ1) is 13.4. The van der Waals surface area contributed by atoms with Crippen molar-refractivity contribution in [1.82, 2.24) is 4.31 Å². The van der Waals surface area contributed by atoms with Crippen molar-refractivity contribution in [3.05, 3.63) is 60.2 Å². The molecule has 1 aliphatic heterocycles. The molecule has 0 unspecified atom stereocenters. The normalized spacial score (nSPS) is 17.4. The van der Waals surface area contributed by atoms with E-state index in [4.69, 9.17) is 4.74 Å². The standard InChI is InChI=1S/C19H22F2N2O4S/c20-15-5-7-17(8-6-15)28(25,26)23-11-9-22(10-12-23)13-16(24)14-27-19-4-2-1-3-18(19)21/h1-8,16,24H,9-14H2/p+1/t16-/m1/s1. The maximum Gasteiger partial charge on any atom is 0.243 e. The number of hydrogen-bond acceptors (Lipinski definition) is 4. The molecule has 2 N–H and O–H groups in total. The highest BCUT2D eigenvalue weighted by Crippen LogP contribution is 2.16. The van der Waals surface area contributed by atoms with Gasteiger partial charge in [0.15, 0.2) is 11.6 Å². The number of benzene rings is 2. The predicted molar refractivity (Wildman–Crippen MR) is 98.6 cm³/mol. The number of hydrogen-bond donors (Lipinski definition) is 2. The lowest BCUT2D eigenvalue weighted by molar-refractivity contribution is -0.906. The fraction of sp³-hybridized carbons (Fsp3) is 0.368. The SMILES string of the molecule is O=S(=O)(c1ccc(F)cc1)N1CC[NH+](C[C@@H](O)COc2ccccc2F)CC1. The summed E-state index contributed by atoms with van der Waals surface area (Å²) in [7, 11) is -3.66. The molecule has 9 heteroatoms. The molecule has 0 aromatic heterocycles. The van der Waals surface area contributed by atoms with Crippen molar-refractivity contribution in [1.29, 1.82) is 0 Å². The summed E-state index contributed by atoms with van der Waals surface area (Å²) in [4.78, 5) is 1.10. The molecule has 1 saturated heterocycles. The van der Waals surface area contributed by atoms with Gasteiger partial charge in [-0.1, -0.05) is 12.1 Å². The summed E-state index contributed by atoms with van der Waals surface area (Å²) in [5, 5.41) is 10.1. The van der Waals surface area contributed by atoms with Crippen molar-refractivity contribution in [3.63, 3.8) is 0 Å². The Bertz CT molecular complexity index is 885. The first-order valence-electron chi connectivity index (χ1n) is 9.01. The summed E-state index contributed by atoms with van der Waals surface area (Å²) in [5.74, 6) is -0.881. The fourth-order valence-corrected chi connectivity index (χ4v) is 4.58. The van der Waals surface area contributed by atoms with Gasteiger partial charge in [-0.15, -0.1) is 0 Å². The molecule has 152 valence electrons. The van der Waals surface area contributed by atoms with E-state index in [1.165, 1.54) is 28.6 Å². The molecule has 0 amide bonds. The van der Waals surface area contributed by atoms with Gasteiger partial charge in [0.2, 0.25) is 10.0 Å². The van der Waals surface area contributed by atoms with Gasteiger partial charge in [-0.25, -0.2) is 17.2 Å². The second-order valence-corrected chi connectivity index (χ2v) is 8.65. The van der Waals surface area contributed by atoms with E-state index >= 15 is 0 Å². The number of piperazine rings is 1. The minimum atomic E-state index is -3.66. The van der Waals surface area contributed by atoms with E-state index in [-0.39, 0.29) is 17.3 Å². The predicted octanol–water partition coefficient (Wildman–Crippen LogP) is 0.294. The summed E-state index contributed by atoms with van der Waals surface area (Å²) in [6.45, 7) is 1.99. The Kier molecular flexibility index (Phi) is 6.61. The Hall–Kier alpha value is -2.07. The third kappa shape index (κ3) is 5.05. The van der Waals surface area contributed by atoms with Crippen LogP contribution in [0, 0.1) is 11.6 Å². The molecular formula is C19H23F2N2O4S+. The van der Waals surface area contributed by atoms with E-state index < -0.39 is 27.8 Å². The molecule has 2 aromatic carbocycles. The summed E-state index contributed by atoms with van der Waals surface area (Å²) in [6, 6.07) is 10.8. The highest BCUT2D eigenvalue weighted by atomic mass is 32.2. The molecule has 3 rings (SSSR count). The van der Waals surface area contributed by atoms with Crippen LogP contribution < -0.4 is 9.64 Å². The van der Waals surface area contributed by atoms with Gasteiger partial charge in [-0.2, -0.15) is 4.31 Å². The van der Waals surface area contributed by atoms with Crippen LogP contribution in [0.2, 0.25) is 0 Å². The Morgan fingerprint density at radius 1 is 1.07 bits per heavy atom. The van der Waals surface area contributed by atoms with Gasteiger partial charge in [0.25, 0.3) is 0 Å². The zero-order valence-electron chi connectivity index (χ0n) is 15.2. The molecule has 6 nitrogen and oxygen atoms in total. The van der Waals surface area contributed by atoms with Crippen molar-refractivity contribution >= 4 is 10.0 Å². The minimum absolute atomic E-state index is 0.0397. The van der Waals surface area contributed by atoms with Crippen LogP contribution in [0.5, 0.6) is 5.75 Å². The number of nitrogens with one attached hydrogen (secondary N) is 1. The molecule has 1 atom stereocenters. The molecule has 1 heterocycles. The molecule has 28 heavy (non-hydrogen) atoms. The highest BCUT2D eigenvalue weighted by Gasteiger charge is 2.31. The highest BCUT2D eigenvalue weighted by molar-refractivity contribution is 7.89. The number of halogens is 2. The zero-order chi connectivity index (χ0) is 20.1. The summed E-state index contributed by atoms with van der Waals surface area (Å²) < 4.78 is 58.4. The van der Waals surface area contributed by atoms with Gasteiger partial charge in [-0.05, 0) is 36.4 Å². The third-order valence-electron chi connectivity index (χ3n) is 4.67. The first kappa shape index (κ1) is 20.7. The van der Waals surface area contributed by atoms with E-state index in [0.717, 1.165) is 17.0 Å². The summed E-state index contributed by atoms with van der Waals surface area (Å²) in [5.41, 5.74) is 0. The Balaban J connectivity index is 1.48. The maximum absolute atomic E-state index is 13.5. The van der Waals surface area contributed by atoms with E-state index in [9.17, 15) is 22.3 Å². The van der Waals surface area contributed by atoms with Crippen LogP contribution in [-0.2, 0) is 10.0 Å². The van der Waals surface area contributed by atoms with Crippen LogP contribution in [-0.4, -0.2) is 63.3 Å². The zero-order valence-corrected chi connectivity index (χ0v) is 16.0. The number of sulfonamides is 1. The molecule has 2 aromatic rings. The smallest absolute Gasteiger partial charge is 0.243 e. The lowest BCUT2D eigenvalue weighted by Crippen LogP contribution is -3.15. The number of para-hydroxylation sites is 1. The van der Waals surface area contributed by atoms with Gasteiger partial charge in [-0.3, -0.25) is 0 Å². The molecule has 0 bridgehead atoms. The second kappa shape index (κ2) is 8.95. The number of rotatable bonds is 7. The monoisotopic (exact) mass is 413 g/mol. The van der Waals surface area contributed by atoms with Crippen molar-refractivity contribution < 1.29 is 31.9 Å². The van der Waals surface area contributed by atoms with Crippen molar-refractivity contribution in [2.24, 2.45) is 0 Å². The lowest BCUT2D eigenvalue weighted by atomic mass is 10.3. The van der Waals surface area contributed by atoms with Gasteiger partial charge in [0.05, 0.1) is 31.1 Å². The molecular weight excluding hydrogens is 390 g/mol. The largest absolute Gasteiger partial charge is 0.488 e. The minimum Gasteiger partial charge on any atom is -0.488 e. The lowest BCUT2D eigenvalue weighted by Gasteiger charge is -2.32. The average molecular weight is 413 g/mol. The van der Waals surface area contributed by atoms with Crippen LogP contribution in [0.25, 0.3) is 0 Å². The van der Waals surface area contributed by atoms with Crippen molar-refractivity contribution in [2.45, 2.75) is 11.0 Å². The second-order valence-electron chi connectivity index (χ2n) is 6.71. The van der Waals surface area contributed by atoms with Gasteiger partial charge in [0.1, 0.15) is 25.1 Å². The third-order valence-corrected chi connectivity index (χ3v) is 6.59. The number of aliphatic hydroxyl groups is 1. The van der Waals surface area contributed by atoms with E-state index in [2.05, 4.69) is 0 Å². The number of nitrogens with zero attached hydrogens (tertiary/aromatic N) is 1. The Labute approximate surface area is 163 Å². The van der Waals surface area contributed by atoms with Gasteiger partial charge < -0.3 is 14.7 Å².